The number of fused-ring (bicyclic) bond motifs is 6. The first-order valence-electron chi connectivity index (χ1n) is 17.9. The van der Waals surface area contributed by atoms with Crippen LogP contribution >= 0.6 is 11.6 Å². The predicted octanol–water partition coefficient (Wildman–Crippen LogP) is 9.06. The highest BCUT2D eigenvalue weighted by atomic mass is 35.5. The van der Waals surface area contributed by atoms with Crippen LogP contribution in [-0.2, 0) is 31.1 Å². The molecule has 0 bridgehead atoms. The van der Waals surface area contributed by atoms with E-state index in [2.05, 4.69) is 75.3 Å². The lowest BCUT2D eigenvalue weighted by Crippen LogP contribution is -2.27. The minimum atomic E-state index is -4.57. The lowest BCUT2D eigenvalue weighted by molar-refractivity contribution is -0.433. The van der Waals surface area contributed by atoms with E-state index in [-0.39, 0.29) is 9.79 Å². The molecule has 0 amide bonds. The Morgan fingerprint density at radius 3 is 1.96 bits per heavy atom. The Bertz CT molecular complexity index is 2630. The van der Waals surface area contributed by atoms with Gasteiger partial charge in [0.2, 0.25) is 5.69 Å². The number of benzene rings is 4. The summed E-state index contributed by atoms with van der Waals surface area (Å²) in [5, 5.41) is 4.00. The molecule has 0 saturated heterocycles. The molecular weight excluding hydrogens is 728 g/mol. The van der Waals surface area contributed by atoms with Crippen molar-refractivity contribution in [2.24, 2.45) is 0 Å². The number of nitrogens with zero attached hydrogens (tertiary/aromatic N) is 2. The summed E-state index contributed by atoms with van der Waals surface area (Å²) in [7, 11) is -9.14. The summed E-state index contributed by atoms with van der Waals surface area (Å²) in [6.07, 6.45) is 11.2. The molecule has 0 N–H and O–H groups in total. The minimum absolute atomic E-state index is 0.234. The Hall–Kier alpha value is -4.06. The van der Waals surface area contributed by atoms with Gasteiger partial charge in [0.15, 0.2) is 5.71 Å². The molecule has 0 atom stereocenters. The first-order valence-corrected chi connectivity index (χ1v) is 21.1. The highest BCUT2D eigenvalue weighted by Gasteiger charge is 2.45. The lowest BCUT2D eigenvalue weighted by Gasteiger charge is -2.26. The van der Waals surface area contributed by atoms with Gasteiger partial charge in [0.25, 0.3) is 0 Å². The number of anilines is 1. The molecule has 0 saturated carbocycles. The maximum atomic E-state index is 11.7. The van der Waals surface area contributed by atoms with Crippen LogP contribution in [0.1, 0.15) is 71.9 Å². The molecule has 0 unspecified atom stereocenters. The van der Waals surface area contributed by atoms with Gasteiger partial charge in [-0.15, -0.1) is 0 Å². The van der Waals surface area contributed by atoms with Crippen LogP contribution in [0.5, 0.6) is 0 Å². The third kappa shape index (κ3) is 6.18. The standard InChI is InChI=1S/C42H43ClN2O6S2/c1-7-44-34-20-12-28-24-30(52(46,47)48)16-18-32(28)38(34)41(3,4)36(44)22-14-26-10-9-11-27(40(26)43)15-23-37-42(5,6)39-33-19-17-31(53(49,50)51)25-29(33)13-21-35(39)45(37)8-2/h12-25H,7-11H2,1-6H3,(H-,46,47,48,49,50,51)/p-1. The summed E-state index contributed by atoms with van der Waals surface area (Å²) in [6.45, 7) is 14.4. The SMILES string of the molecule is CCN1/C(=C/C=C2\CCCC(/C=C/C3=[N+](CC)c4ccc5cc(S(=O)(=O)[O-])ccc5c4C3(C)C)=C2Cl)C(C)(C)c2c1ccc1cc(S(=O)(=O)[O-])ccc21. The van der Waals surface area contributed by atoms with Crippen molar-refractivity contribution in [3.05, 3.63) is 118 Å². The van der Waals surface area contributed by atoms with E-state index in [1.165, 1.54) is 24.3 Å². The number of hydrogen-bond donors (Lipinski definition) is 0. The van der Waals surface area contributed by atoms with Crippen LogP contribution in [0.3, 0.4) is 0 Å². The third-order valence-corrected chi connectivity index (χ3v) is 13.3. The second-order valence-corrected chi connectivity index (χ2v) is 18.1. The second-order valence-electron chi connectivity index (χ2n) is 15.0. The van der Waals surface area contributed by atoms with E-state index in [4.69, 9.17) is 11.6 Å². The maximum Gasteiger partial charge on any atom is 0.210 e. The number of likely N-dealkylation sites (N-methyl/N-ethyl adjacent to an activating group) is 1. The van der Waals surface area contributed by atoms with Gasteiger partial charge in [-0.2, -0.15) is 4.58 Å². The normalized spacial score (nSPS) is 20.1. The van der Waals surface area contributed by atoms with E-state index in [0.29, 0.717) is 10.8 Å². The van der Waals surface area contributed by atoms with Crippen molar-refractivity contribution < 1.29 is 30.5 Å². The maximum absolute atomic E-state index is 11.7. The molecule has 8 nitrogen and oxygen atoms in total. The molecule has 2 aliphatic heterocycles. The van der Waals surface area contributed by atoms with Crippen molar-refractivity contribution in [3.8, 4) is 0 Å². The smallest absolute Gasteiger partial charge is 0.210 e. The topological polar surface area (TPSA) is 121 Å². The number of hydrogen-bond acceptors (Lipinski definition) is 7. The van der Waals surface area contributed by atoms with Crippen molar-refractivity contribution in [2.45, 2.75) is 81.4 Å². The van der Waals surface area contributed by atoms with Crippen molar-refractivity contribution in [3.63, 3.8) is 0 Å². The Labute approximate surface area is 317 Å². The first-order chi connectivity index (χ1) is 24.9. The van der Waals surface area contributed by atoms with Gasteiger partial charge in [-0.25, -0.2) is 16.8 Å². The van der Waals surface area contributed by atoms with E-state index in [0.717, 1.165) is 93.2 Å². The van der Waals surface area contributed by atoms with Gasteiger partial charge in [0.1, 0.15) is 26.8 Å². The fourth-order valence-corrected chi connectivity index (χ4v) is 10.0. The number of rotatable bonds is 7. The Balaban J connectivity index is 1.23. The monoisotopic (exact) mass is 769 g/mol. The van der Waals surface area contributed by atoms with Gasteiger partial charge in [-0.05, 0) is 128 Å². The van der Waals surface area contributed by atoms with Gasteiger partial charge >= 0.3 is 0 Å². The number of halogens is 1. The second kappa shape index (κ2) is 13.1. The van der Waals surface area contributed by atoms with Crippen LogP contribution in [0.25, 0.3) is 21.5 Å². The molecule has 0 aromatic heterocycles. The zero-order chi connectivity index (χ0) is 38.2. The molecule has 7 rings (SSSR count). The first kappa shape index (κ1) is 37.3. The largest absolute Gasteiger partial charge is 0.744 e. The summed E-state index contributed by atoms with van der Waals surface area (Å²) < 4.78 is 72.7. The Kier molecular flexibility index (Phi) is 9.18. The fourth-order valence-electron chi connectivity index (χ4n) is 8.70. The van der Waals surface area contributed by atoms with E-state index < -0.39 is 31.1 Å². The molecule has 4 aromatic rings. The van der Waals surface area contributed by atoms with E-state index in [9.17, 15) is 25.9 Å². The van der Waals surface area contributed by atoms with Crippen molar-refractivity contribution in [2.75, 3.05) is 18.0 Å². The van der Waals surface area contributed by atoms with Crippen LogP contribution < -0.4 is 4.90 Å². The fraction of sp³-hybridized carbons (Fsp3) is 0.310. The van der Waals surface area contributed by atoms with Crippen LogP contribution in [0, 0.1) is 0 Å². The molecule has 1 aliphatic carbocycles. The Morgan fingerprint density at radius 2 is 1.38 bits per heavy atom. The van der Waals surface area contributed by atoms with Crippen molar-refractivity contribution >= 4 is 70.5 Å². The van der Waals surface area contributed by atoms with Crippen LogP contribution in [-0.4, -0.2) is 49.3 Å². The Morgan fingerprint density at radius 1 is 0.774 bits per heavy atom. The average molecular weight is 770 g/mol. The average Bonchev–Trinajstić information content (AvgIpc) is 3.47. The van der Waals surface area contributed by atoms with Crippen LogP contribution in [0.4, 0.5) is 11.4 Å². The van der Waals surface area contributed by atoms with Gasteiger partial charge in [0, 0.05) is 46.1 Å². The van der Waals surface area contributed by atoms with Gasteiger partial charge in [-0.1, -0.05) is 55.8 Å². The molecule has 11 heteroatoms. The third-order valence-electron chi connectivity index (χ3n) is 11.2. The molecule has 3 aliphatic rings. The lowest BCUT2D eigenvalue weighted by atomic mass is 9.78. The van der Waals surface area contributed by atoms with Gasteiger partial charge < -0.3 is 14.0 Å². The zero-order valence-corrected chi connectivity index (χ0v) is 33.0. The summed E-state index contributed by atoms with van der Waals surface area (Å²) in [4.78, 5) is 1.82. The molecule has 2 heterocycles. The van der Waals surface area contributed by atoms with Crippen molar-refractivity contribution in [1.29, 1.82) is 0 Å². The molecule has 0 fully saturated rings. The highest BCUT2D eigenvalue weighted by molar-refractivity contribution is 7.86. The van der Waals surface area contributed by atoms with Crippen molar-refractivity contribution in [1.82, 2.24) is 0 Å². The van der Waals surface area contributed by atoms with E-state index in [1.807, 2.05) is 24.3 Å². The quantitative estimate of drug-likeness (QED) is 0.136. The summed E-state index contributed by atoms with van der Waals surface area (Å²) in [5.41, 5.74) is 7.80. The number of allylic oxidation sites excluding steroid dienone is 8. The van der Waals surface area contributed by atoms with Gasteiger partial charge in [-0.3, -0.25) is 0 Å². The van der Waals surface area contributed by atoms with E-state index in [1.54, 1.807) is 12.1 Å². The highest BCUT2D eigenvalue weighted by Crippen LogP contribution is 2.51. The predicted molar refractivity (Wildman–Crippen MR) is 210 cm³/mol. The zero-order valence-electron chi connectivity index (χ0n) is 30.7. The molecule has 4 aromatic carbocycles. The van der Waals surface area contributed by atoms with Gasteiger partial charge in [0.05, 0.1) is 15.2 Å². The summed E-state index contributed by atoms with van der Waals surface area (Å²) in [5.74, 6) is 0. The summed E-state index contributed by atoms with van der Waals surface area (Å²) >= 11 is 7.19. The molecule has 276 valence electrons. The van der Waals surface area contributed by atoms with Crippen LogP contribution in [0.2, 0.25) is 0 Å². The molecule has 0 radical (unpaired) electrons. The minimum Gasteiger partial charge on any atom is -0.744 e. The van der Waals surface area contributed by atoms with Crippen LogP contribution in [0.15, 0.2) is 117 Å². The van der Waals surface area contributed by atoms with E-state index >= 15 is 0 Å². The molecule has 0 spiro atoms. The summed E-state index contributed by atoms with van der Waals surface area (Å²) in [6, 6.07) is 17.0. The molecular formula is C42H42ClN2O6S2-. The molecule has 53 heavy (non-hydrogen) atoms.